The highest BCUT2D eigenvalue weighted by molar-refractivity contribution is 8.00. The molecule has 0 fully saturated rings. The summed E-state index contributed by atoms with van der Waals surface area (Å²) in [4.78, 5) is 12.7. The number of carbonyl (C=O) groups is 1. The molecule has 1 atom stereocenters. The van der Waals surface area contributed by atoms with Crippen LogP contribution in [-0.4, -0.2) is 11.2 Å². The van der Waals surface area contributed by atoms with Crippen LogP contribution in [0.15, 0.2) is 41.3 Å². The Morgan fingerprint density at radius 3 is 2.50 bits per heavy atom. The van der Waals surface area contributed by atoms with E-state index in [9.17, 15) is 18.0 Å². The molecule has 0 spiro atoms. The van der Waals surface area contributed by atoms with Crippen molar-refractivity contribution in [2.45, 2.75) is 17.1 Å². The minimum atomic E-state index is -1.62. The first-order valence-corrected chi connectivity index (χ1v) is 7.51. The number of anilines is 1. The van der Waals surface area contributed by atoms with Gasteiger partial charge in [0.25, 0.3) is 0 Å². The van der Waals surface area contributed by atoms with Gasteiger partial charge in [0.1, 0.15) is 0 Å². The van der Waals surface area contributed by atoms with E-state index in [4.69, 9.17) is 11.6 Å². The lowest BCUT2D eigenvalue weighted by Gasteiger charge is -2.13. The van der Waals surface area contributed by atoms with Gasteiger partial charge in [-0.2, -0.15) is 0 Å². The van der Waals surface area contributed by atoms with E-state index in [1.807, 2.05) is 0 Å². The number of hydrogen-bond donors (Lipinski definition) is 1. The van der Waals surface area contributed by atoms with Gasteiger partial charge < -0.3 is 5.32 Å². The molecule has 0 aliphatic heterocycles. The van der Waals surface area contributed by atoms with Crippen molar-refractivity contribution in [3.63, 3.8) is 0 Å². The summed E-state index contributed by atoms with van der Waals surface area (Å²) in [6.45, 7) is 1.60. The third-order valence-electron chi connectivity index (χ3n) is 2.80. The van der Waals surface area contributed by atoms with Crippen molar-refractivity contribution in [3.05, 3.63) is 58.9 Å². The van der Waals surface area contributed by atoms with E-state index in [0.29, 0.717) is 9.92 Å². The highest BCUT2D eigenvalue weighted by atomic mass is 35.5. The number of benzene rings is 2. The smallest absolute Gasteiger partial charge is 0.237 e. The molecule has 0 radical (unpaired) electrons. The van der Waals surface area contributed by atoms with Crippen molar-refractivity contribution in [2.24, 2.45) is 0 Å². The molecule has 0 bridgehead atoms. The fourth-order valence-corrected chi connectivity index (χ4v) is 2.80. The van der Waals surface area contributed by atoms with Crippen LogP contribution in [0.25, 0.3) is 0 Å². The highest BCUT2D eigenvalue weighted by Crippen LogP contribution is 2.30. The lowest BCUT2D eigenvalue weighted by molar-refractivity contribution is -0.115. The van der Waals surface area contributed by atoms with E-state index < -0.39 is 34.3 Å². The first-order chi connectivity index (χ1) is 10.4. The van der Waals surface area contributed by atoms with Crippen LogP contribution in [0.1, 0.15) is 6.92 Å². The van der Waals surface area contributed by atoms with Crippen LogP contribution in [0, 0.1) is 17.5 Å². The van der Waals surface area contributed by atoms with Gasteiger partial charge in [0.05, 0.1) is 16.0 Å². The Morgan fingerprint density at radius 2 is 1.82 bits per heavy atom. The number of hydrogen-bond acceptors (Lipinski definition) is 2. The molecule has 0 saturated heterocycles. The molecule has 1 N–H and O–H groups in total. The minimum absolute atomic E-state index is 0.407. The molecule has 0 unspecified atom stereocenters. The molecule has 2 nitrogen and oxygen atoms in total. The van der Waals surface area contributed by atoms with Crippen LogP contribution in [0.5, 0.6) is 0 Å². The standard InChI is InChI=1S/C15H11ClF3NOS/c1-8(22-12-5-3-2-4-9(12)16)15(21)20-11-7-6-10(17)13(18)14(11)19/h2-8H,1H3,(H,20,21)/t8-/m0/s1. The van der Waals surface area contributed by atoms with Crippen molar-refractivity contribution in [1.82, 2.24) is 0 Å². The largest absolute Gasteiger partial charge is 0.323 e. The molecule has 2 aromatic carbocycles. The predicted octanol–water partition coefficient (Wildman–Crippen LogP) is 4.88. The quantitative estimate of drug-likeness (QED) is 0.632. The van der Waals surface area contributed by atoms with Crippen molar-refractivity contribution < 1.29 is 18.0 Å². The first kappa shape index (κ1) is 16.7. The number of amides is 1. The summed E-state index contributed by atoms with van der Waals surface area (Å²) in [5.74, 6) is -4.91. The average Bonchev–Trinajstić information content (AvgIpc) is 2.50. The molecule has 2 rings (SSSR count). The SMILES string of the molecule is C[C@H](Sc1ccccc1Cl)C(=O)Nc1ccc(F)c(F)c1F. The van der Waals surface area contributed by atoms with E-state index in [0.717, 1.165) is 12.1 Å². The molecule has 0 saturated carbocycles. The monoisotopic (exact) mass is 345 g/mol. The Balaban J connectivity index is 2.09. The topological polar surface area (TPSA) is 29.1 Å². The second-order valence-electron chi connectivity index (χ2n) is 4.40. The highest BCUT2D eigenvalue weighted by Gasteiger charge is 2.19. The van der Waals surface area contributed by atoms with Gasteiger partial charge in [-0.3, -0.25) is 4.79 Å². The molecular formula is C15H11ClF3NOS. The van der Waals surface area contributed by atoms with Crippen LogP contribution in [-0.2, 0) is 4.79 Å². The van der Waals surface area contributed by atoms with Gasteiger partial charge in [0.2, 0.25) is 5.91 Å². The van der Waals surface area contributed by atoms with Gasteiger partial charge >= 0.3 is 0 Å². The van der Waals surface area contributed by atoms with E-state index >= 15 is 0 Å². The summed E-state index contributed by atoms with van der Waals surface area (Å²) in [5.41, 5.74) is -0.407. The number of nitrogens with one attached hydrogen (secondary N) is 1. The Bertz CT molecular complexity index is 711. The maximum absolute atomic E-state index is 13.5. The number of carbonyl (C=O) groups excluding carboxylic acids is 1. The predicted molar refractivity (Wildman–Crippen MR) is 81.7 cm³/mol. The van der Waals surface area contributed by atoms with Crippen LogP contribution in [0.3, 0.4) is 0 Å². The van der Waals surface area contributed by atoms with E-state index in [1.54, 1.807) is 31.2 Å². The van der Waals surface area contributed by atoms with Gasteiger partial charge in [-0.15, -0.1) is 11.8 Å². The molecule has 116 valence electrons. The molecule has 0 aliphatic rings. The molecule has 0 heterocycles. The molecular weight excluding hydrogens is 335 g/mol. The Kier molecular flexibility index (Phi) is 5.37. The fraction of sp³-hybridized carbons (Fsp3) is 0.133. The molecule has 7 heteroatoms. The lowest BCUT2D eigenvalue weighted by Crippen LogP contribution is -2.23. The van der Waals surface area contributed by atoms with Crippen LogP contribution in [0.2, 0.25) is 5.02 Å². The summed E-state index contributed by atoms with van der Waals surface area (Å²) in [5, 5.41) is 2.12. The third-order valence-corrected chi connectivity index (χ3v) is 4.42. The second-order valence-corrected chi connectivity index (χ2v) is 6.19. The zero-order chi connectivity index (χ0) is 16.3. The third kappa shape index (κ3) is 3.75. The van der Waals surface area contributed by atoms with E-state index in [-0.39, 0.29) is 0 Å². The zero-order valence-corrected chi connectivity index (χ0v) is 12.9. The average molecular weight is 346 g/mol. The number of thioether (sulfide) groups is 1. The Morgan fingerprint density at radius 1 is 1.14 bits per heavy atom. The molecule has 1 amide bonds. The normalized spacial score (nSPS) is 12.0. The van der Waals surface area contributed by atoms with Crippen molar-refractivity contribution >= 4 is 35.0 Å². The van der Waals surface area contributed by atoms with Gasteiger partial charge in [-0.1, -0.05) is 23.7 Å². The van der Waals surface area contributed by atoms with Crippen LogP contribution < -0.4 is 5.32 Å². The van der Waals surface area contributed by atoms with Gasteiger partial charge in [0, 0.05) is 4.90 Å². The maximum Gasteiger partial charge on any atom is 0.237 e. The molecule has 2 aromatic rings. The summed E-state index contributed by atoms with van der Waals surface area (Å²) in [7, 11) is 0. The second kappa shape index (κ2) is 7.07. The summed E-state index contributed by atoms with van der Waals surface area (Å²) in [6.07, 6.45) is 0. The molecule has 0 aromatic heterocycles. The van der Waals surface area contributed by atoms with Gasteiger partial charge in [-0.25, -0.2) is 13.2 Å². The van der Waals surface area contributed by atoms with Crippen LogP contribution in [0.4, 0.5) is 18.9 Å². The minimum Gasteiger partial charge on any atom is -0.323 e. The van der Waals surface area contributed by atoms with Gasteiger partial charge in [0.15, 0.2) is 17.5 Å². The van der Waals surface area contributed by atoms with Gasteiger partial charge in [-0.05, 0) is 31.2 Å². The van der Waals surface area contributed by atoms with Crippen LogP contribution >= 0.6 is 23.4 Å². The lowest BCUT2D eigenvalue weighted by atomic mass is 10.2. The van der Waals surface area contributed by atoms with Crippen molar-refractivity contribution in [3.8, 4) is 0 Å². The maximum atomic E-state index is 13.5. The summed E-state index contributed by atoms with van der Waals surface area (Å²) >= 11 is 7.17. The van der Waals surface area contributed by atoms with E-state index in [1.165, 1.54) is 11.8 Å². The number of rotatable bonds is 4. The zero-order valence-electron chi connectivity index (χ0n) is 11.4. The van der Waals surface area contributed by atoms with Crippen molar-refractivity contribution in [2.75, 3.05) is 5.32 Å². The molecule has 22 heavy (non-hydrogen) atoms. The Labute approximate surface area is 134 Å². The number of halogens is 4. The molecule has 0 aliphatic carbocycles. The Hall–Kier alpha value is -1.66. The van der Waals surface area contributed by atoms with E-state index in [2.05, 4.69) is 5.32 Å². The first-order valence-electron chi connectivity index (χ1n) is 6.25. The summed E-state index contributed by atoms with van der Waals surface area (Å²) in [6, 6.07) is 8.68. The summed E-state index contributed by atoms with van der Waals surface area (Å²) < 4.78 is 39.5. The fourth-order valence-electron chi connectivity index (χ4n) is 1.64. The van der Waals surface area contributed by atoms with Crippen molar-refractivity contribution in [1.29, 1.82) is 0 Å².